The van der Waals surface area contributed by atoms with E-state index in [9.17, 15) is 18.0 Å². The Morgan fingerprint density at radius 1 is 1.38 bits per heavy atom. The number of aromatic nitrogens is 1. The molecule has 0 aliphatic carbocycles. The summed E-state index contributed by atoms with van der Waals surface area (Å²) in [4.78, 5) is 16.1. The smallest absolute Gasteiger partial charge is 0.399 e. The van der Waals surface area contributed by atoms with E-state index in [1.54, 1.807) is 32.0 Å². The second-order valence-corrected chi connectivity index (χ2v) is 5.15. The fourth-order valence-corrected chi connectivity index (χ4v) is 2.15. The van der Waals surface area contributed by atoms with E-state index in [0.29, 0.717) is 16.6 Å². The number of hydrogen-bond donors (Lipinski definition) is 2. The Morgan fingerprint density at radius 2 is 2.05 bits per heavy atom. The minimum atomic E-state index is -4.44. The lowest BCUT2D eigenvalue weighted by molar-refractivity contribution is -0.143. The van der Waals surface area contributed by atoms with E-state index in [0.717, 1.165) is 4.90 Å². The second-order valence-electron chi connectivity index (χ2n) is 5.15. The van der Waals surface area contributed by atoms with Crippen LogP contribution in [0, 0.1) is 0 Å². The summed E-state index contributed by atoms with van der Waals surface area (Å²) in [5.74, 6) is -0.667. The third-order valence-corrected chi connectivity index (χ3v) is 3.17. The Morgan fingerprint density at radius 3 is 2.62 bits per heavy atom. The molecule has 21 heavy (non-hydrogen) atoms. The summed E-state index contributed by atoms with van der Waals surface area (Å²) in [6.45, 7) is 1.82. The highest BCUT2D eigenvalue weighted by molar-refractivity contribution is 6.07. The number of carbonyl (C=O) groups is 1. The molecule has 114 valence electrons. The summed E-state index contributed by atoms with van der Waals surface area (Å²) >= 11 is 0. The third-order valence-electron chi connectivity index (χ3n) is 3.17. The van der Waals surface area contributed by atoms with Crippen LogP contribution in [0.3, 0.4) is 0 Å². The van der Waals surface area contributed by atoms with Crippen molar-refractivity contribution < 1.29 is 18.0 Å². The summed E-state index contributed by atoms with van der Waals surface area (Å²) < 4.78 is 37.9. The lowest BCUT2D eigenvalue weighted by atomic mass is 10.1. The number of nitrogens with two attached hydrogens (primary N) is 1. The Kier molecular flexibility index (Phi) is 3.85. The van der Waals surface area contributed by atoms with Crippen molar-refractivity contribution in [3.05, 3.63) is 30.0 Å². The van der Waals surface area contributed by atoms with Crippen molar-refractivity contribution in [3.63, 3.8) is 0 Å². The molecule has 0 fully saturated rings. The zero-order valence-electron chi connectivity index (χ0n) is 11.7. The largest absolute Gasteiger partial charge is 0.406 e. The predicted molar refractivity (Wildman–Crippen MR) is 74.9 cm³/mol. The van der Waals surface area contributed by atoms with Crippen LogP contribution in [0.25, 0.3) is 10.9 Å². The van der Waals surface area contributed by atoms with Crippen molar-refractivity contribution in [2.24, 2.45) is 0 Å². The number of carbonyl (C=O) groups excluding carboxylic acids is 1. The average molecular weight is 299 g/mol. The molecule has 1 amide bonds. The van der Waals surface area contributed by atoms with Crippen LogP contribution in [0.2, 0.25) is 0 Å². The molecule has 1 aromatic carbocycles. The van der Waals surface area contributed by atoms with Gasteiger partial charge in [-0.05, 0) is 32.0 Å². The summed E-state index contributed by atoms with van der Waals surface area (Å²) in [6.07, 6.45) is -3.02. The lowest BCUT2D eigenvalue weighted by Gasteiger charge is -2.27. The van der Waals surface area contributed by atoms with Gasteiger partial charge in [0.2, 0.25) is 0 Å². The Bertz CT molecular complexity index is 661. The minimum Gasteiger partial charge on any atom is -0.399 e. The van der Waals surface area contributed by atoms with Crippen molar-refractivity contribution in [2.45, 2.75) is 26.1 Å². The standard InChI is InChI=1S/C14H16F3N3O/c1-8(2)20(7-14(15,16)17)13(21)11-6-19-12-4-3-9(18)5-10(11)12/h3-6,8,19H,7,18H2,1-2H3. The van der Waals surface area contributed by atoms with E-state index in [4.69, 9.17) is 5.73 Å². The van der Waals surface area contributed by atoms with Crippen molar-refractivity contribution in [1.82, 2.24) is 9.88 Å². The number of rotatable bonds is 3. The van der Waals surface area contributed by atoms with Gasteiger partial charge in [0, 0.05) is 28.8 Å². The Balaban J connectivity index is 2.41. The quantitative estimate of drug-likeness (QED) is 0.855. The highest BCUT2D eigenvalue weighted by Gasteiger charge is 2.35. The number of benzene rings is 1. The number of H-pyrrole nitrogens is 1. The number of fused-ring (bicyclic) bond motifs is 1. The molecular weight excluding hydrogens is 283 g/mol. The first-order valence-electron chi connectivity index (χ1n) is 6.43. The molecule has 0 unspecified atom stereocenters. The number of hydrogen-bond acceptors (Lipinski definition) is 2. The molecule has 0 bridgehead atoms. The first-order valence-corrected chi connectivity index (χ1v) is 6.43. The van der Waals surface area contributed by atoms with Gasteiger partial charge in [-0.3, -0.25) is 4.79 Å². The van der Waals surface area contributed by atoms with Gasteiger partial charge in [-0.15, -0.1) is 0 Å². The molecule has 1 heterocycles. The molecule has 3 N–H and O–H groups in total. The zero-order chi connectivity index (χ0) is 15.8. The van der Waals surface area contributed by atoms with Gasteiger partial charge in [-0.25, -0.2) is 0 Å². The van der Waals surface area contributed by atoms with Crippen LogP contribution in [0.1, 0.15) is 24.2 Å². The molecule has 0 aliphatic rings. The van der Waals surface area contributed by atoms with Gasteiger partial charge < -0.3 is 15.6 Å². The third kappa shape index (κ3) is 3.29. The van der Waals surface area contributed by atoms with Crippen LogP contribution in [-0.2, 0) is 0 Å². The van der Waals surface area contributed by atoms with Gasteiger partial charge in [0.25, 0.3) is 5.91 Å². The van der Waals surface area contributed by atoms with Crippen molar-refractivity contribution >= 4 is 22.5 Å². The topological polar surface area (TPSA) is 62.1 Å². The average Bonchev–Trinajstić information content (AvgIpc) is 2.76. The lowest BCUT2D eigenvalue weighted by Crippen LogP contribution is -2.43. The van der Waals surface area contributed by atoms with Gasteiger partial charge in [0.05, 0.1) is 5.56 Å². The number of nitrogen functional groups attached to an aromatic ring is 1. The maximum atomic E-state index is 12.6. The number of aromatic amines is 1. The zero-order valence-corrected chi connectivity index (χ0v) is 11.7. The van der Waals surface area contributed by atoms with Crippen LogP contribution in [-0.4, -0.2) is 34.6 Å². The van der Waals surface area contributed by atoms with Gasteiger partial charge >= 0.3 is 6.18 Å². The van der Waals surface area contributed by atoms with E-state index in [2.05, 4.69) is 4.98 Å². The van der Waals surface area contributed by atoms with E-state index >= 15 is 0 Å². The van der Waals surface area contributed by atoms with E-state index in [-0.39, 0.29) is 5.56 Å². The van der Waals surface area contributed by atoms with E-state index in [1.807, 2.05) is 0 Å². The fourth-order valence-electron chi connectivity index (χ4n) is 2.15. The Labute approximate surface area is 119 Å². The molecule has 0 aliphatic heterocycles. The molecule has 0 atom stereocenters. The van der Waals surface area contributed by atoms with Crippen LogP contribution >= 0.6 is 0 Å². The summed E-state index contributed by atoms with van der Waals surface area (Å²) in [5, 5.41) is 0.521. The monoisotopic (exact) mass is 299 g/mol. The van der Waals surface area contributed by atoms with E-state index < -0.39 is 24.7 Å². The Hall–Kier alpha value is -2.18. The molecule has 2 rings (SSSR count). The number of alkyl halides is 3. The summed E-state index contributed by atoms with van der Waals surface area (Å²) in [6, 6.07) is 4.35. The molecule has 0 saturated carbocycles. The maximum Gasteiger partial charge on any atom is 0.406 e. The van der Waals surface area contributed by atoms with Gasteiger partial charge in [-0.2, -0.15) is 13.2 Å². The van der Waals surface area contributed by atoms with Gasteiger partial charge in [0.15, 0.2) is 0 Å². The van der Waals surface area contributed by atoms with Crippen molar-refractivity contribution in [3.8, 4) is 0 Å². The number of amides is 1. The highest BCUT2D eigenvalue weighted by atomic mass is 19.4. The molecule has 0 spiro atoms. The number of nitrogens with zero attached hydrogens (tertiary/aromatic N) is 1. The summed E-state index contributed by atoms with van der Waals surface area (Å²) in [7, 11) is 0. The van der Waals surface area contributed by atoms with Crippen LogP contribution in [0.15, 0.2) is 24.4 Å². The van der Waals surface area contributed by atoms with Crippen LogP contribution < -0.4 is 5.73 Å². The highest BCUT2D eigenvalue weighted by Crippen LogP contribution is 2.25. The molecular formula is C14H16F3N3O. The number of anilines is 1. The van der Waals surface area contributed by atoms with Gasteiger partial charge in [-0.1, -0.05) is 0 Å². The number of nitrogens with one attached hydrogen (secondary N) is 1. The molecule has 1 aromatic heterocycles. The van der Waals surface area contributed by atoms with Gasteiger partial charge in [0.1, 0.15) is 6.54 Å². The molecule has 0 saturated heterocycles. The van der Waals surface area contributed by atoms with Crippen molar-refractivity contribution in [1.29, 1.82) is 0 Å². The van der Waals surface area contributed by atoms with Crippen LogP contribution in [0.5, 0.6) is 0 Å². The normalized spacial score (nSPS) is 12.1. The second kappa shape index (κ2) is 5.31. The predicted octanol–water partition coefficient (Wildman–Crippen LogP) is 3.16. The fraction of sp³-hybridized carbons (Fsp3) is 0.357. The molecule has 4 nitrogen and oxygen atoms in total. The van der Waals surface area contributed by atoms with Crippen molar-refractivity contribution in [2.75, 3.05) is 12.3 Å². The van der Waals surface area contributed by atoms with E-state index in [1.165, 1.54) is 6.20 Å². The minimum absolute atomic E-state index is 0.190. The molecule has 7 heteroatoms. The molecule has 0 radical (unpaired) electrons. The SMILES string of the molecule is CC(C)N(CC(F)(F)F)C(=O)c1c[nH]c2ccc(N)cc12. The first-order chi connectivity index (χ1) is 9.69. The van der Waals surface area contributed by atoms with Crippen LogP contribution in [0.4, 0.5) is 18.9 Å². The summed E-state index contributed by atoms with van der Waals surface area (Å²) in [5.41, 5.74) is 6.96. The molecule has 2 aromatic rings. The first kappa shape index (κ1) is 15.2. The number of halogens is 3. The maximum absolute atomic E-state index is 12.6.